The summed E-state index contributed by atoms with van der Waals surface area (Å²) in [6.07, 6.45) is -13.3. The summed E-state index contributed by atoms with van der Waals surface area (Å²) in [6.45, 7) is 1.08. The highest BCUT2D eigenvalue weighted by Crippen LogP contribution is 2.51. The number of aliphatic hydroxyl groups is 12. The van der Waals surface area contributed by atoms with E-state index in [0.29, 0.717) is 44.9 Å². The molecule has 0 aromatic rings. The van der Waals surface area contributed by atoms with Crippen molar-refractivity contribution in [2.75, 3.05) is 6.61 Å². The molecule has 0 bridgehead atoms. The van der Waals surface area contributed by atoms with Crippen LogP contribution in [0, 0.1) is 23.7 Å². The first-order valence-corrected chi connectivity index (χ1v) is 19.0. The van der Waals surface area contributed by atoms with Gasteiger partial charge in [-0.15, -0.1) is 0 Å². The maximum Gasteiger partial charge on any atom is 0.187 e. The van der Waals surface area contributed by atoms with Gasteiger partial charge in [0.05, 0.1) is 55.3 Å². The topological polar surface area (TPSA) is 261 Å². The fourth-order valence-corrected chi connectivity index (χ4v) is 10.2. The Morgan fingerprint density at radius 1 is 0.588 bits per heavy atom. The van der Waals surface area contributed by atoms with E-state index in [9.17, 15) is 51.1 Å². The second-order valence-electron chi connectivity index (χ2n) is 16.4. The Kier molecular flexibility index (Phi) is 12.0. The highest BCUT2D eigenvalue weighted by molar-refractivity contribution is 5.06. The number of hydrogen-bond acceptors (Lipinski definition) is 15. The molecule has 7 rings (SSSR count). The molecule has 294 valence electrons. The second-order valence-corrected chi connectivity index (χ2v) is 16.4. The van der Waals surface area contributed by atoms with Crippen molar-refractivity contribution < 1.29 is 79.5 Å². The predicted molar refractivity (Wildman–Crippen MR) is 172 cm³/mol. The van der Waals surface area contributed by atoms with Crippen molar-refractivity contribution in [2.24, 2.45) is 23.7 Å². The lowest BCUT2D eigenvalue weighted by Gasteiger charge is -2.56. The molecule has 4 aliphatic heterocycles. The molecule has 4 heterocycles. The molecule has 0 aromatic heterocycles. The Balaban J connectivity index is 1.14. The minimum absolute atomic E-state index is 0.108. The summed E-state index contributed by atoms with van der Waals surface area (Å²) in [5.41, 5.74) is 0. The van der Waals surface area contributed by atoms with Crippen LogP contribution in [0.4, 0.5) is 0 Å². The molecular formula is C35H59O16+. The van der Waals surface area contributed by atoms with Crippen molar-refractivity contribution in [1.29, 1.82) is 0 Å². The normalized spacial score (nSPS) is 56.6. The van der Waals surface area contributed by atoms with Crippen LogP contribution in [0.25, 0.3) is 0 Å². The van der Waals surface area contributed by atoms with Gasteiger partial charge >= 0.3 is 0 Å². The van der Waals surface area contributed by atoms with Crippen LogP contribution in [0.15, 0.2) is 0 Å². The second kappa shape index (κ2) is 15.8. The first-order valence-electron chi connectivity index (χ1n) is 19.0. The monoisotopic (exact) mass is 735 g/mol. The van der Waals surface area contributed by atoms with Gasteiger partial charge in [-0.05, 0) is 64.2 Å². The Hall–Kier alpha value is -0.640. The van der Waals surface area contributed by atoms with E-state index in [-0.39, 0.29) is 54.5 Å². The number of aliphatic hydroxyl groups excluding tert-OH is 10. The zero-order valence-electron chi connectivity index (χ0n) is 29.0. The van der Waals surface area contributed by atoms with Crippen molar-refractivity contribution in [3.8, 4) is 0 Å². The minimum Gasteiger partial charge on any atom is -0.427 e. The first kappa shape index (κ1) is 38.6. The van der Waals surface area contributed by atoms with Gasteiger partial charge in [-0.25, -0.2) is 0 Å². The predicted octanol–water partition coefficient (Wildman–Crippen LogP) is -3.08. The van der Waals surface area contributed by atoms with Crippen molar-refractivity contribution in [3.63, 3.8) is 0 Å². The van der Waals surface area contributed by atoms with Crippen LogP contribution in [0.2, 0.25) is 0 Å². The van der Waals surface area contributed by atoms with Crippen LogP contribution in [0.5, 0.6) is 0 Å². The van der Waals surface area contributed by atoms with Gasteiger partial charge in [0, 0.05) is 24.7 Å². The summed E-state index contributed by atoms with van der Waals surface area (Å²) >= 11 is 0. The molecule has 3 aliphatic carbocycles. The summed E-state index contributed by atoms with van der Waals surface area (Å²) in [7, 11) is 0. The van der Waals surface area contributed by atoms with Gasteiger partial charge in [-0.3, -0.25) is 0 Å². The molecule has 0 spiro atoms. The van der Waals surface area contributed by atoms with E-state index in [4.69, 9.17) is 28.4 Å². The lowest BCUT2D eigenvalue weighted by molar-refractivity contribution is -0.383. The van der Waals surface area contributed by atoms with Gasteiger partial charge in [0.15, 0.2) is 24.8 Å². The van der Waals surface area contributed by atoms with E-state index in [1.54, 1.807) is 0 Å². The Morgan fingerprint density at radius 3 is 2.00 bits per heavy atom. The third-order valence-electron chi connectivity index (χ3n) is 13.1. The third kappa shape index (κ3) is 7.77. The molecule has 3 saturated carbocycles. The molecule has 21 atom stereocenters. The van der Waals surface area contributed by atoms with Crippen LogP contribution in [-0.2, 0) is 23.7 Å². The van der Waals surface area contributed by atoms with Crippen molar-refractivity contribution >= 4 is 0 Å². The zero-order valence-corrected chi connectivity index (χ0v) is 29.0. The van der Waals surface area contributed by atoms with Crippen LogP contribution in [0.3, 0.4) is 0 Å². The van der Waals surface area contributed by atoms with Crippen LogP contribution < -0.4 is 0 Å². The fourth-order valence-electron chi connectivity index (χ4n) is 10.2. The van der Waals surface area contributed by atoms with Gasteiger partial charge in [0.2, 0.25) is 0 Å². The number of rotatable bonds is 7. The van der Waals surface area contributed by atoms with Gasteiger partial charge in [0.1, 0.15) is 48.8 Å². The fraction of sp³-hybridized carbons (Fsp3) is 1.00. The minimum atomic E-state index is -1.70. The molecule has 16 heteroatoms. The van der Waals surface area contributed by atoms with Crippen molar-refractivity contribution in [1.82, 2.24) is 0 Å². The van der Waals surface area contributed by atoms with Gasteiger partial charge in [-0.1, -0.05) is 0 Å². The summed E-state index contributed by atoms with van der Waals surface area (Å²) in [5.74, 6) is -0.268. The van der Waals surface area contributed by atoms with E-state index >= 15 is 0 Å². The Labute approximate surface area is 297 Å². The lowest BCUT2D eigenvalue weighted by Crippen LogP contribution is -2.68. The SMILES string of the molecule is CC1OC(OCC2OC(OC3C4CC(C5CCC(O)CC5)OC5CC(O)CC([OH+]C3C3CCC(O)C(O)C3)C54)C(O)C(O)C2O)C(O)C(O)C1O. The molecule has 0 amide bonds. The van der Waals surface area contributed by atoms with Gasteiger partial charge in [0.25, 0.3) is 0 Å². The highest BCUT2D eigenvalue weighted by Gasteiger charge is 2.62. The third-order valence-corrected chi connectivity index (χ3v) is 13.1. The Bertz CT molecular complexity index is 1140. The molecule has 11 N–H and O–H groups in total. The van der Waals surface area contributed by atoms with E-state index in [1.807, 2.05) is 0 Å². The number of ether oxygens (including phenoxy) is 6. The first-order chi connectivity index (χ1) is 24.3. The van der Waals surface area contributed by atoms with Crippen LogP contribution in [0.1, 0.15) is 71.1 Å². The molecular weight excluding hydrogens is 676 g/mol. The largest absolute Gasteiger partial charge is 0.427 e. The molecule has 7 fully saturated rings. The molecule has 51 heavy (non-hydrogen) atoms. The summed E-state index contributed by atoms with van der Waals surface area (Å²) in [5, 5.41) is 106. The summed E-state index contributed by atoms with van der Waals surface area (Å²) in [4.78, 5) is 0. The van der Waals surface area contributed by atoms with Gasteiger partial charge in [-0.2, -0.15) is 0 Å². The highest BCUT2D eigenvalue weighted by atomic mass is 16.7. The maximum atomic E-state index is 11.2. The van der Waals surface area contributed by atoms with Crippen molar-refractivity contribution in [3.05, 3.63) is 0 Å². The molecule has 0 aromatic carbocycles. The molecule has 4 saturated heterocycles. The Morgan fingerprint density at radius 2 is 1.27 bits per heavy atom. The summed E-state index contributed by atoms with van der Waals surface area (Å²) in [6, 6.07) is 0. The smallest absolute Gasteiger partial charge is 0.187 e. The zero-order chi connectivity index (χ0) is 36.3. The molecule has 7 aliphatic rings. The summed E-state index contributed by atoms with van der Waals surface area (Å²) < 4.78 is 36.1. The van der Waals surface area contributed by atoms with E-state index in [1.165, 1.54) is 6.92 Å². The van der Waals surface area contributed by atoms with E-state index in [0.717, 1.165) is 12.8 Å². The van der Waals surface area contributed by atoms with Crippen LogP contribution >= 0.6 is 0 Å². The van der Waals surface area contributed by atoms with Gasteiger partial charge < -0.3 is 79.5 Å². The average molecular weight is 736 g/mol. The van der Waals surface area contributed by atoms with Crippen molar-refractivity contribution in [2.45, 2.75) is 187 Å². The van der Waals surface area contributed by atoms with E-state index in [2.05, 4.69) is 0 Å². The average Bonchev–Trinajstić information content (AvgIpc) is 3.11. The maximum absolute atomic E-state index is 11.2. The quantitative estimate of drug-likeness (QED) is 0.116. The molecule has 0 radical (unpaired) electrons. The number of hydrogen-bond donors (Lipinski definition) is 10. The molecule has 21 unspecified atom stereocenters. The lowest BCUT2D eigenvalue weighted by atomic mass is 9.63. The standard InChI is InChI=1S/C35H58O16/c1-13-26(40)28(42)30(44)34(47-13)46-12-24-27(41)29(43)31(45)35(50-24)51-33-18-11-21(14-2-5-16(36)6-3-14)48-22-9-17(37)10-23(25(18)22)49-32(33)15-4-7-19(38)20(39)8-15/h13-45H,2-12H2,1H3/p+1. The van der Waals surface area contributed by atoms with Crippen LogP contribution in [-0.4, -0.2) is 179 Å². The van der Waals surface area contributed by atoms with E-state index < -0.39 is 98.5 Å². The molecule has 16 nitrogen and oxygen atoms in total.